The van der Waals surface area contributed by atoms with Gasteiger partial charge >= 0.3 is 6.16 Å². The Bertz CT molecular complexity index is 315. The number of hydrogen-bond donors (Lipinski definition) is 1. The van der Waals surface area contributed by atoms with Crippen molar-refractivity contribution in [1.82, 2.24) is 0 Å². The van der Waals surface area contributed by atoms with Gasteiger partial charge in [0.15, 0.2) is 0 Å². The summed E-state index contributed by atoms with van der Waals surface area (Å²) >= 11 is 0. The van der Waals surface area contributed by atoms with Crippen molar-refractivity contribution < 1.29 is 14.6 Å². The number of rotatable bonds is 2. The molecular formula is C12H16O3. The number of ether oxygens (including phenoxy) is 1. The van der Waals surface area contributed by atoms with E-state index in [-0.39, 0.29) is 0 Å². The molecule has 1 aromatic carbocycles. The van der Waals surface area contributed by atoms with Gasteiger partial charge in [-0.25, -0.2) is 4.79 Å². The molecule has 0 aliphatic rings. The molecule has 0 aliphatic carbocycles. The molecule has 1 rings (SSSR count). The highest BCUT2D eigenvalue weighted by Gasteiger charge is 1.97. The second kappa shape index (κ2) is 7.62. The summed E-state index contributed by atoms with van der Waals surface area (Å²) in [4.78, 5) is 10.1. The summed E-state index contributed by atoms with van der Waals surface area (Å²) in [5, 5.41) is 8.30. The van der Waals surface area contributed by atoms with E-state index in [1.54, 1.807) is 13.0 Å². The summed E-state index contributed by atoms with van der Waals surface area (Å²) in [6.07, 6.45) is 0.374. The number of hydrogen-bond acceptors (Lipinski definition) is 2. The van der Waals surface area contributed by atoms with Crippen LogP contribution < -0.4 is 0 Å². The van der Waals surface area contributed by atoms with E-state index in [1.807, 2.05) is 44.2 Å². The topological polar surface area (TPSA) is 46.5 Å². The van der Waals surface area contributed by atoms with Crippen molar-refractivity contribution in [2.75, 3.05) is 0 Å². The van der Waals surface area contributed by atoms with Gasteiger partial charge in [-0.1, -0.05) is 44.2 Å². The van der Waals surface area contributed by atoms with Crippen LogP contribution in [0, 0.1) is 0 Å². The van der Waals surface area contributed by atoms with Crippen molar-refractivity contribution in [2.45, 2.75) is 20.8 Å². The molecule has 0 bridgehead atoms. The van der Waals surface area contributed by atoms with E-state index in [0.29, 0.717) is 5.76 Å². The Labute approximate surface area is 90.0 Å². The normalized spacial score (nSPS) is 9.93. The van der Waals surface area contributed by atoms with Crippen molar-refractivity contribution in [3.8, 4) is 0 Å². The molecule has 15 heavy (non-hydrogen) atoms. The lowest BCUT2D eigenvalue weighted by atomic mass is 10.2. The Morgan fingerprint density at radius 3 is 2.27 bits per heavy atom. The molecule has 0 amide bonds. The average Bonchev–Trinajstić information content (AvgIpc) is 2.21. The Kier molecular flexibility index (Phi) is 6.72. The van der Waals surface area contributed by atoms with Gasteiger partial charge in [-0.05, 0) is 18.6 Å². The van der Waals surface area contributed by atoms with Crippen LogP contribution >= 0.6 is 0 Å². The van der Waals surface area contributed by atoms with Crippen LogP contribution in [-0.2, 0) is 4.74 Å². The van der Waals surface area contributed by atoms with E-state index in [4.69, 9.17) is 5.11 Å². The van der Waals surface area contributed by atoms with E-state index >= 15 is 0 Å². The number of allylic oxidation sites excluding steroid dienone is 1. The van der Waals surface area contributed by atoms with Gasteiger partial charge in [-0.15, -0.1) is 0 Å². The van der Waals surface area contributed by atoms with Crippen LogP contribution in [0.1, 0.15) is 26.3 Å². The standard InChI is InChI=1S/C10H10O3.C2H6/c1-8(13-10(11)12)7-9-5-3-2-4-6-9;1-2/h2-7H,1H3,(H,11,12);1-2H3. The molecule has 0 saturated heterocycles. The minimum atomic E-state index is -1.29. The van der Waals surface area contributed by atoms with Crippen molar-refractivity contribution in [3.05, 3.63) is 41.7 Å². The monoisotopic (exact) mass is 208 g/mol. The third-order valence-electron chi connectivity index (χ3n) is 1.42. The van der Waals surface area contributed by atoms with Gasteiger partial charge in [0.25, 0.3) is 0 Å². The Morgan fingerprint density at radius 2 is 1.80 bits per heavy atom. The predicted octanol–water partition coefficient (Wildman–Crippen LogP) is 3.77. The maximum absolute atomic E-state index is 10.1. The fourth-order valence-electron chi connectivity index (χ4n) is 0.951. The largest absolute Gasteiger partial charge is 0.511 e. The van der Waals surface area contributed by atoms with Crippen LogP contribution in [-0.4, -0.2) is 11.3 Å². The third-order valence-corrected chi connectivity index (χ3v) is 1.42. The van der Waals surface area contributed by atoms with E-state index in [2.05, 4.69) is 4.74 Å². The van der Waals surface area contributed by atoms with Crippen molar-refractivity contribution in [3.63, 3.8) is 0 Å². The van der Waals surface area contributed by atoms with Gasteiger partial charge < -0.3 is 9.84 Å². The molecule has 0 radical (unpaired) electrons. The second-order valence-corrected chi connectivity index (χ2v) is 2.53. The first-order valence-corrected chi connectivity index (χ1v) is 4.82. The molecule has 1 N–H and O–H groups in total. The van der Waals surface area contributed by atoms with Crippen LogP contribution in [0.3, 0.4) is 0 Å². The first kappa shape index (κ1) is 13.2. The van der Waals surface area contributed by atoms with E-state index in [9.17, 15) is 4.79 Å². The average molecular weight is 208 g/mol. The molecule has 0 unspecified atom stereocenters. The van der Waals surface area contributed by atoms with Crippen molar-refractivity contribution in [1.29, 1.82) is 0 Å². The maximum Gasteiger partial charge on any atom is 0.511 e. The summed E-state index contributed by atoms with van der Waals surface area (Å²) in [5.41, 5.74) is 0.918. The van der Waals surface area contributed by atoms with Crippen molar-refractivity contribution >= 4 is 12.2 Å². The predicted molar refractivity (Wildman–Crippen MR) is 60.6 cm³/mol. The van der Waals surface area contributed by atoms with Gasteiger partial charge in [0.1, 0.15) is 5.76 Å². The fraction of sp³-hybridized carbons (Fsp3) is 0.250. The van der Waals surface area contributed by atoms with E-state index in [1.165, 1.54) is 0 Å². The molecule has 0 aliphatic heterocycles. The van der Waals surface area contributed by atoms with Gasteiger partial charge in [0, 0.05) is 0 Å². The van der Waals surface area contributed by atoms with Gasteiger partial charge in [0.2, 0.25) is 0 Å². The fourth-order valence-corrected chi connectivity index (χ4v) is 0.951. The lowest BCUT2D eigenvalue weighted by Gasteiger charge is -1.98. The van der Waals surface area contributed by atoms with Crippen LogP contribution in [0.5, 0.6) is 0 Å². The minimum absolute atomic E-state index is 0.360. The zero-order valence-corrected chi connectivity index (χ0v) is 9.23. The molecule has 3 heteroatoms. The number of benzene rings is 1. The van der Waals surface area contributed by atoms with Gasteiger partial charge in [-0.2, -0.15) is 0 Å². The molecule has 0 saturated carbocycles. The highest BCUT2D eigenvalue weighted by atomic mass is 16.7. The molecule has 82 valence electrons. The Hall–Kier alpha value is -1.77. The zero-order chi connectivity index (χ0) is 11.7. The molecule has 0 heterocycles. The lowest BCUT2D eigenvalue weighted by molar-refractivity contribution is 0.120. The first-order chi connectivity index (χ1) is 7.18. The maximum atomic E-state index is 10.1. The lowest BCUT2D eigenvalue weighted by Crippen LogP contribution is -1.96. The molecule has 0 fully saturated rings. The number of carbonyl (C=O) groups is 1. The molecule has 0 atom stereocenters. The minimum Gasteiger partial charge on any atom is -0.449 e. The SMILES string of the molecule is CC.CC(=Cc1ccccc1)OC(=O)O. The third kappa shape index (κ3) is 6.32. The summed E-state index contributed by atoms with van der Waals surface area (Å²) in [7, 11) is 0. The van der Waals surface area contributed by atoms with Crippen LogP contribution in [0.15, 0.2) is 36.1 Å². The summed E-state index contributed by atoms with van der Waals surface area (Å²) in [6.45, 7) is 5.60. The Balaban J connectivity index is 0.000000921. The smallest absolute Gasteiger partial charge is 0.449 e. The van der Waals surface area contributed by atoms with Gasteiger partial charge in [0.05, 0.1) is 0 Å². The summed E-state index contributed by atoms with van der Waals surface area (Å²) in [6, 6.07) is 9.38. The quantitative estimate of drug-likeness (QED) is 0.594. The summed E-state index contributed by atoms with van der Waals surface area (Å²) < 4.78 is 4.43. The molecular weight excluding hydrogens is 192 g/mol. The Morgan fingerprint density at radius 1 is 1.27 bits per heavy atom. The van der Waals surface area contributed by atoms with Crippen LogP contribution in [0.4, 0.5) is 4.79 Å². The first-order valence-electron chi connectivity index (χ1n) is 4.82. The second-order valence-electron chi connectivity index (χ2n) is 2.53. The zero-order valence-electron chi connectivity index (χ0n) is 9.23. The van der Waals surface area contributed by atoms with E-state index in [0.717, 1.165) is 5.56 Å². The van der Waals surface area contributed by atoms with Crippen molar-refractivity contribution in [2.24, 2.45) is 0 Å². The molecule has 1 aromatic rings. The van der Waals surface area contributed by atoms with Crippen LogP contribution in [0.25, 0.3) is 6.08 Å². The molecule has 3 nitrogen and oxygen atoms in total. The number of carboxylic acid groups (broad SMARTS) is 1. The molecule has 0 aromatic heterocycles. The summed E-state index contributed by atoms with van der Waals surface area (Å²) in [5.74, 6) is 0.360. The van der Waals surface area contributed by atoms with E-state index < -0.39 is 6.16 Å². The highest BCUT2D eigenvalue weighted by Crippen LogP contribution is 2.06. The highest BCUT2D eigenvalue weighted by molar-refractivity contribution is 5.61. The van der Waals surface area contributed by atoms with Gasteiger partial charge in [-0.3, -0.25) is 0 Å². The van der Waals surface area contributed by atoms with Crippen LogP contribution in [0.2, 0.25) is 0 Å². The molecule has 0 spiro atoms.